The van der Waals surface area contributed by atoms with Gasteiger partial charge in [-0.25, -0.2) is 4.79 Å². The van der Waals surface area contributed by atoms with Crippen LogP contribution < -0.4 is 27.4 Å². The predicted molar refractivity (Wildman–Crippen MR) is 103 cm³/mol. The van der Waals surface area contributed by atoms with Crippen LogP contribution in [-0.2, 0) is 28.8 Å². The van der Waals surface area contributed by atoms with Gasteiger partial charge >= 0.3 is 11.9 Å². The molecular formula is C17H29N5O8. The van der Waals surface area contributed by atoms with Crippen LogP contribution in [0.1, 0.15) is 39.5 Å². The minimum Gasteiger partial charge on any atom is -0.481 e. The van der Waals surface area contributed by atoms with Crippen LogP contribution in [0.2, 0.25) is 0 Å². The van der Waals surface area contributed by atoms with Crippen molar-refractivity contribution in [3.8, 4) is 0 Å². The highest BCUT2D eigenvalue weighted by molar-refractivity contribution is 5.93. The van der Waals surface area contributed by atoms with Gasteiger partial charge in [0.1, 0.15) is 12.1 Å². The van der Waals surface area contributed by atoms with E-state index in [-0.39, 0.29) is 25.2 Å². The summed E-state index contributed by atoms with van der Waals surface area (Å²) in [6.07, 6.45) is -0.832. The van der Waals surface area contributed by atoms with Crippen molar-refractivity contribution in [2.24, 2.45) is 17.4 Å². The number of hydrogen-bond acceptors (Lipinski definition) is 7. The van der Waals surface area contributed by atoms with Crippen molar-refractivity contribution >= 4 is 35.6 Å². The number of nitrogens with two attached hydrogens (primary N) is 2. The van der Waals surface area contributed by atoms with E-state index < -0.39 is 66.7 Å². The summed E-state index contributed by atoms with van der Waals surface area (Å²) in [6.45, 7) is 2.99. The van der Waals surface area contributed by atoms with E-state index in [0.717, 1.165) is 0 Å². The zero-order valence-electron chi connectivity index (χ0n) is 16.8. The Labute approximate surface area is 172 Å². The molecule has 0 spiro atoms. The van der Waals surface area contributed by atoms with E-state index in [4.69, 9.17) is 21.7 Å². The smallest absolute Gasteiger partial charge is 0.326 e. The van der Waals surface area contributed by atoms with Crippen LogP contribution in [0.3, 0.4) is 0 Å². The first-order chi connectivity index (χ1) is 13.8. The van der Waals surface area contributed by atoms with Gasteiger partial charge in [0.2, 0.25) is 23.6 Å². The molecule has 0 aromatic rings. The first-order valence-electron chi connectivity index (χ1n) is 9.19. The number of carbonyl (C=O) groups is 6. The number of carboxylic acids is 2. The summed E-state index contributed by atoms with van der Waals surface area (Å²) in [5.41, 5.74) is 10.5. The Morgan fingerprint density at radius 2 is 1.53 bits per heavy atom. The van der Waals surface area contributed by atoms with Crippen molar-refractivity contribution < 1.29 is 39.0 Å². The summed E-state index contributed by atoms with van der Waals surface area (Å²) >= 11 is 0. The Morgan fingerprint density at radius 3 is 2.00 bits per heavy atom. The maximum Gasteiger partial charge on any atom is 0.326 e. The van der Waals surface area contributed by atoms with Gasteiger partial charge in [0.05, 0.1) is 19.0 Å². The van der Waals surface area contributed by atoms with Crippen LogP contribution in [-0.4, -0.2) is 70.5 Å². The average Bonchev–Trinajstić information content (AvgIpc) is 2.61. The Balaban J connectivity index is 4.85. The molecule has 0 aromatic heterocycles. The molecule has 0 aromatic carbocycles. The highest BCUT2D eigenvalue weighted by Gasteiger charge is 2.26. The Hall–Kier alpha value is -3.22. The molecular weight excluding hydrogens is 402 g/mol. The first kappa shape index (κ1) is 26.8. The zero-order valence-corrected chi connectivity index (χ0v) is 16.8. The first-order valence-corrected chi connectivity index (χ1v) is 9.19. The molecule has 0 saturated heterocycles. The lowest BCUT2D eigenvalue weighted by Gasteiger charge is -2.22. The molecule has 0 aliphatic rings. The lowest BCUT2D eigenvalue weighted by atomic mass is 10.0. The van der Waals surface area contributed by atoms with Gasteiger partial charge in [-0.2, -0.15) is 0 Å². The molecule has 4 amide bonds. The SMILES string of the molecule is CC(C)CC(NC(=O)C(N)CCC(=O)O)C(=O)NCC(=O)NC(CC(N)=O)C(=O)O. The van der Waals surface area contributed by atoms with Crippen LogP contribution in [0.4, 0.5) is 0 Å². The fraction of sp³-hybridized carbons (Fsp3) is 0.647. The third-order valence-electron chi connectivity index (χ3n) is 3.81. The standard InChI is InChI=1S/C17H29N5O8/c1-8(2)5-10(22-15(27)9(18)3-4-14(25)26)16(28)20-7-13(24)21-11(17(29)30)6-12(19)23/h8-11H,3-7,18H2,1-2H3,(H2,19,23)(H,20,28)(H,21,24)(H,22,27)(H,25,26)(H,29,30). The van der Waals surface area contributed by atoms with Gasteiger partial charge in [0.25, 0.3) is 0 Å². The van der Waals surface area contributed by atoms with Gasteiger partial charge in [-0.05, 0) is 18.8 Å². The van der Waals surface area contributed by atoms with Crippen LogP contribution in [0, 0.1) is 5.92 Å². The van der Waals surface area contributed by atoms with E-state index in [9.17, 15) is 28.8 Å². The van der Waals surface area contributed by atoms with E-state index in [2.05, 4.69) is 16.0 Å². The zero-order chi connectivity index (χ0) is 23.4. The van der Waals surface area contributed by atoms with Crippen LogP contribution in [0.25, 0.3) is 0 Å². The van der Waals surface area contributed by atoms with Gasteiger partial charge in [0.15, 0.2) is 0 Å². The third kappa shape index (κ3) is 11.6. The molecule has 3 atom stereocenters. The van der Waals surface area contributed by atoms with Gasteiger partial charge in [-0.3, -0.25) is 24.0 Å². The third-order valence-corrected chi connectivity index (χ3v) is 3.81. The summed E-state index contributed by atoms with van der Waals surface area (Å²) in [7, 11) is 0. The molecule has 30 heavy (non-hydrogen) atoms. The fourth-order valence-corrected chi connectivity index (χ4v) is 2.33. The molecule has 170 valence electrons. The minimum absolute atomic E-state index is 0.0166. The van der Waals surface area contributed by atoms with E-state index in [0.29, 0.717) is 0 Å². The number of carbonyl (C=O) groups excluding carboxylic acids is 4. The summed E-state index contributed by atoms with van der Waals surface area (Å²) in [5.74, 6) is -5.81. The van der Waals surface area contributed by atoms with Crippen LogP contribution in [0.15, 0.2) is 0 Å². The molecule has 0 saturated carbocycles. The molecule has 13 nitrogen and oxygen atoms in total. The largest absolute Gasteiger partial charge is 0.481 e. The predicted octanol–water partition coefficient (Wildman–Crippen LogP) is -2.73. The number of carboxylic acid groups (broad SMARTS) is 2. The number of nitrogens with one attached hydrogen (secondary N) is 3. The quantitative estimate of drug-likeness (QED) is 0.151. The van der Waals surface area contributed by atoms with Gasteiger partial charge in [-0.1, -0.05) is 13.8 Å². The maximum atomic E-state index is 12.4. The summed E-state index contributed by atoms with van der Waals surface area (Å²) < 4.78 is 0. The summed E-state index contributed by atoms with van der Waals surface area (Å²) in [6, 6.07) is -3.70. The van der Waals surface area contributed by atoms with Crippen molar-refractivity contribution in [3.05, 3.63) is 0 Å². The molecule has 9 N–H and O–H groups in total. The lowest BCUT2D eigenvalue weighted by Crippen LogP contribution is -2.54. The molecule has 0 heterocycles. The van der Waals surface area contributed by atoms with Crippen molar-refractivity contribution in [3.63, 3.8) is 0 Å². The molecule has 0 radical (unpaired) electrons. The van der Waals surface area contributed by atoms with Crippen molar-refractivity contribution in [2.45, 2.75) is 57.7 Å². The second-order valence-electron chi connectivity index (χ2n) is 7.08. The molecule has 0 aliphatic carbocycles. The maximum absolute atomic E-state index is 12.4. The highest BCUT2D eigenvalue weighted by atomic mass is 16.4. The second-order valence-corrected chi connectivity index (χ2v) is 7.08. The van der Waals surface area contributed by atoms with E-state index >= 15 is 0 Å². The lowest BCUT2D eigenvalue weighted by molar-refractivity contribution is -0.143. The number of primary amides is 1. The Morgan fingerprint density at radius 1 is 0.933 bits per heavy atom. The minimum atomic E-state index is -1.54. The Kier molecular flexibility index (Phi) is 11.7. The molecule has 0 rings (SSSR count). The van der Waals surface area contributed by atoms with Crippen LogP contribution in [0.5, 0.6) is 0 Å². The topological polar surface area (TPSA) is 231 Å². The van der Waals surface area contributed by atoms with Gasteiger partial charge in [0, 0.05) is 6.42 Å². The molecule has 0 bridgehead atoms. The summed E-state index contributed by atoms with van der Waals surface area (Å²) in [4.78, 5) is 68.8. The monoisotopic (exact) mass is 431 g/mol. The van der Waals surface area contributed by atoms with Crippen molar-refractivity contribution in [1.82, 2.24) is 16.0 Å². The van der Waals surface area contributed by atoms with Gasteiger partial charge < -0.3 is 37.6 Å². The summed E-state index contributed by atoms with van der Waals surface area (Å²) in [5, 5.41) is 24.4. The number of rotatable bonds is 14. The van der Waals surface area contributed by atoms with E-state index in [1.54, 1.807) is 13.8 Å². The highest BCUT2D eigenvalue weighted by Crippen LogP contribution is 2.06. The number of amides is 4. The van der Waals surface area contributed by atoms with Crippen molar-refractivity contribution in [1.29, 1.82) is 0 Å². The number of hydrogen-bond donors (Lipinski definition) is 7. The van der Waals surface area contributed by atoms with E-state index in [1.807, 2.05) is 0 Å². The van der Waals surface area contributed by atoms with Crippen LogP contribution >= 0.6 is 0 Å². The number of aliphatic carboxylic acids is 2. The molecule has 3 unspecified atom stereocenters. The Bertz CT molecular complexity index is 667. The fourth-order valence-electron chi connectivity index (χ4n) is 2.33. The second kappa shape index (κ2) is 13.1. The normalized spacial score (nSPS) is 13.6. The van der Waals surface area contributed by atoms with Crippen molar-refractivity contribution in [2.75, 3.05) is 6.54 Å². The molecule has 0 aliphatic heterocycles. The van der Waals surface area contributed by atoms with E-state index in [1.165, 1.54) is 0 Å². The molecule has 0 fully saturated rings. The average molecular weight is 431 g/mol. The molecule has 13 heteroatoms. The van der Waals surface area contributed by atoms with Gasteiger partial charge in [-0.15, -0.1) is 0 Å².